The van der Waals surface area contributed by atoms with E-state index >= 15 is 0 Å². The first kappa shape index (κ1) is 15.3. The number of amides is 1. The van der Waals surface area contributed by atoms with Gasteiger partial charge in [-0.2, -0.15) is 0 Å². The lowest BCUT2D eigenvalue weighted by atomic mass is 9.89. The summed E-state index contributed by atoms with van der Waals surface area (Å²) in [6.45, 7) is 2.31. The number of carbonyl (C=O) groups is 1. The molecule has 0 saturated heterocycles. The summed E-state index contributed by atoms with van der Waals surface area (Å²) < 4.78 is 29.3. The normalized spacial score (nSPS) is 22.4. The zero-order valence-electron chi connectivity index (χ0n) is 11.3. The summed E-state index contributed by atoms with van der Waals surface area (Å²) in [7, 11) is 3.11. The van der Waals surface area contributed by atoms with Crippen molar-refractivity contribution in [2.24, 2.45) is 0 Å². The van der Waals surface area contributed by atoms with Crippen LogP contribution in [0.3, 0.4) is 0 Å². The van der Waals surface area contributed by atoms with E-state index in [2.05, 4.69) is 5.32 Å². The van der Waals surface area contributed by atoms with E-state index in [1.807, 2.05) is 6.92 Å². The van der Waals surface area contributed by atoms with Gasteiger partial charge in [-0.1, -0.05) is 0 Å². The molecule has 8 heteroatoms. The summed E-state index contributed by atoms with van der Waals surface area (Å²) in [6.07, 6.45) is 3.11. The molecule has 0 bridgehead atoms. The third-order valence-corrected chi connectivity index (χ3v) is 4.81. The fourth-order valence-electron chi connectivity index (χ4n) is 2.20. The molecular weight excluding hydrogens is 304 g/mol. The molecule has 0 atom stereocenters. The second-order valence-electron chi connectivity index (χ2n) is 4.78. The van der Waals surface area contributed by atoms with Crippen molar-refractivity contribution in [3.05, 3.63) is 18.0 Å². The van der Waals surface area contributed by atoms with Crippen LogP contribution in [0.25, 0.3) is 0 Å². The van der Waals surface area contributed by atoms with Crippen molar-refractivity contribution in [1.29, 1.82) is 0 Å². The third kappa shape index (κ3) is 3.16. The molecule has 1 fully saturated rings. The number of rotatable bonds is 5. The fraction of sp³-hybridized carbons (Fsp3) is 0.583. The van der Waals surface area contributed by atoms with Gasteiger partial charge in [0.1, 0.15) is 10.6 Å². The van der Waals surface area contributed by atoms with Crippen LogP contribution in [0.5, 0.6) is 0 Å². The Kier molecular flexibility index (Phi) is 4.41. The van der Waals surface area contributed by atoms with Crippen LogP contribution in [-0.2, 0) is 20.3 Å². The van der Waals surface area contributed by atoms with Crippen molar-refractivity contribution in [3.63, 3.8) is 0 Å². The Hall–Kier alpha value is -1.05. The minimum Gasteiger partial charge on any atom is -0.381 e. The number of aromatic nitrogens is 1. The van der Waals surface area contributed by atoms with Gasteiger partial charge in [0.25, 0.3) is 15.0 Å². The van der Waals surface area contributed by atoms with Gasteiger partial charge in [0.15, 0.2) is 0 Å². The van der Waals surface area contributed by atoms with E-state index in [1.165, 1.54) is 12.3 Å². The van der Waals surface area contributed by atoms with Crippen LogP contribution in [0.1, 0.15) is 30.3 Å². The average Bonchev–Trinajstić information content (AvgIpc) is 2.76. The Morgan fingerprint density at radius 2 is 2.20 bits per heavy atom. The van der Waals surface area contributed by atoms with Gasteiger partial charge in [-0.3, -0.25) is 4.79 Å². The Morgan fingerprint density at radius 3 is 2.70 bits per heavy atom. The Morgan fingerprint density at radius 1 is 1.55 bits per heavy atom. The molecule has 20 heavy (non-hydrogen) atoms. The molecule has 0 aromatic carbocycles. The number of halogens is 1. The Balaban J connectivity index is 2.11. The van der Waals surface area contributed by atoms with Gasteiger partial charge in [0.2, 0.25) is 0 Å². The largest absolute Gasteiger partial charge is 0.381 e. The number of carbonyl (C=O) groups excluding carboxylic acids is 1. The lowest BCUT2D eigenvalue weighted by Crippen LogP contribution is -2.47. The van der Waals surface area contributed by atoms with Gasteiger partial charge in [-0.25, -0.2) is 8.42 Å². The van der Waals surface area contributed by atoms with Crippen molar-refractivity contribution < 1.29 is 17.9 Å². The molecule has 1 aliphatic carbocycles. The number of nitrogens with zero attached hydrogens (tertiary/aromatic N) is 1. The first-order valence-electron chi connectivity index (χ1n) is 6.33. The standard InChI is InChI=1S/C12H17ClN2O4S/c1-3-15-7-10(20(13,17)18)6-11(15)12(16)14-8-4-9(5-8)19-2/h6-9H,3-5H2,1-2H3,(H,14,16). The molecule has 0 aliphatic heterocycles. The van der Waals surface area contributed by atoms with E-state index in [4.69, 9.17) is 15.4 Å². The van der Waals surface area contributed by atoms with E-state index in [1.54, 1.807) is 11.7 Å². The molecule has 6 nitrogen and oxygen atoms in total. The first-order chi connectivity index (χ1) is 9.35. The highest BCUT2D eigenvalue weighted by molar-refractivity contribution is 8.13. The van der Waals surface area contributed by atoms with Gasteiger partial charge in [-0.05, 0) is 25.8 Å². The zero-order valence-corrected chi connectivity index (χ0v) is 12.9. The van der Waals surface area contributed by atoms with E-state index in [-0.39, 0.29) is 22.9 Å². The summed E-state index contributed by atoms with van der Waals surface area (Å²) in [5.74, 6) is -0.294. The highest BCUT2D eigenvalue weighted by Crippen LogP contribution is 2.24. The van der Waals surface area contributed by atoms with E-state index in [0.29, 0.717) is 12.2 Å². The zero-order chi connectivity index (χ0) is 14.9. The SMILES string of the molecule is CCn1cc(S(=O)(=O)Cl)cc1C(=O)NC1CC(OC)C1. The number of ether oxygens (including phenoxy) is 1. The average molecular weight is 321 g/mol. The Bertz CT molecular complexity index is 605. The van der Waals surface area contributed by atoms with Crippen LogP contribution in [0.4, 0.5) is 0 Å². The maximum Gasteiger partial charge on any atom is 0.268 e. The number of hydrogen-bond acceptors (Lipinski definition) is 4. The van der Waals surface area contributed by atoms with Crippen LogP contribution in [0.15, 0.2) is 17.2 Å². The Labute approximate surface area is 122 Å². The van der Waals surface area contributed by atoms with Gasteiger partial charge >= 0.3 is 0 Å². The molecule has 2 rings (SSSR count). The highest BCUT2D eigenvalue weighted by atomic mass is 35.7. The molecule has 1 heterocycles. The molecule has 1 aromatic heterocycles. The molecule has 1 saturated carbocycles. The molecule has 1 aromatic rings. The molecule has 112 valence electrons. The van der Waals surface area contributed by atoms with Crippen LogP contribution in [0.2, 0.25) is 0 Å². The van der Waals surface area contributed by atoms with Crippen molar-refractivity contribution in [3.8, 4) is 0 Å². The molecular formula is C12H17ClN2O4S. The quantitative estimate of drug-likeness (QED) is 0.831. The predicted molar refractivity (Wildman–Crippen MR) is 74.4 cm³/mol. The lowest BCUT2D eigenvalue weighted by molar-refractivity contribution is 0.0175. The van der Waals surface area contributed by atoms with Crippen molar-refractivity contribution >= 4 is 25.6 Å². The topological polar surface area (TPSA) is 77.4 Å². The molecule has 1 N–H and O–H groups in total. The van der Waals surface area contributed by atoms with E-state index < -0.39 is 9.05 Å². The van der Waals surface area contributed by atoms with E-state index in [9.17, 15) is 13.2 Å². The van der Waals surface area contributed by atoms with Crippen molar-refractivity contribution in [2.45, 2.75) is 43.4 Å². The summed E-state index contributed by atoms with van der Waals surface area (Å²) >= 11 is 0. The smallest absolute Gasteiger partial charge is 0.268 e. The predicted octanol–water partition coefficient (Wildman–Crippen LogP) is 1.34. The van der Waals surface area contributed by atoms with Crippen LogP contribution in [-0.4, -0.2) is 38.1 Å². The molecule has 0 unspecified atom stereocenters. The van der Waals surface area contributed by atoms with E-state index in [0.717, 1.165) is 12.8 Å². The minimum atomic E-state index is -3.83. The summed E-state index contributed by atoms with van der Waals surface area (Å²) in [4.78, 5) is 12.1. The van der Waals surface area contributed by atoms with Gasteiger partial charge in [0.05, 0.1) is 6.10 Å². The lowest BCUT2D eigenvalue weighted by Gasteiger charge is -2.34. The maximum absolute atomic E-state index is 12.2. The van der Waals surface area contributed by atoms with Gasteiger partial charge in [0, 0.05) is 36.6 Å². The molecule has 1 amide bonds. The summed E-state index contributed by atoms with van der Waals surface area (Å²) in [5.41, 5.74) is 0.299. The number of nitrogens with one attached hydrogen (secondary N) is 1. The fourth-order valence-corrected chi connectivity index (χ4v) is 2.96. The molecule has 1 aliphatic rings. The maximum atomic E-state index is 12.2. The first-order valence-corrected chi connectivity index (χ1v) is 8.64. The van der Waals surface area contributed by atoms with Crippen molar-refractivity contribution in [2.75, 3.05) is 7.11 Å². The second-order valence-corrected chi connectivity index (χ2v) is 7.35. The highest BCUT2D eigenvalue weighted by Gasteiger charge is 2.31. The second kappa shape index (κ2) is 5.75. The molecule has 0 radical (unpaired) electrons. The number of methoxy groups -OCH3 is 1. The van der Waals surface area contributed by atoms with Crippen LogP contribution in [0, 0.1) is 0 Å². The third-order valence-electron chi connectivity index (χ3n) is 3.49. The summed E-state index contributed by atoms with van der Waals surface area (Å²) in [6, 6.07) is 1.37. The van der Waals surface area contributed by atoms with Crippen LogP contribution < -0.4 is 5.32 Å². The van der Waals surface area contributed by atoms with Crippen molar-refractivity contribution in [1.82, 2.24) is 9.88 Å². The van der Waals surface area contributed by atoms with Gasteiger partial charge < -0.3 is 14.6 Å². The minimum absolute atomic E-state index is 0.0606. The monoisotopic (exact) mass is 320 g/mol. The molecule has 0 spiro atoms. The van der Waals surface area contributed by atoms with Crippen LogP contribution >= 0.6 is 10.7 Å². The number of aryl methyl sites for hydroxylation is 1. The summed E-state index contributed by atoms with van der Waals surface area (Å²) in [5, 5.41) is 2.86. The van der Waals surface area contributed by atoms with Gasteiger partial charge in [-0.15, -0.1) is 0 Å². The number of hydrogen-bond donors (Lipinski definition) is 1.